The highest BCUT2D eigenvalue weighted by Crippen LogP contribution is 2.23. The number of likely N-dealkylation sites (tertiary alicyclic amines) is 1. The lowest BCUT2D eigenvalue weighted by molar-refractivity contribution is 0.0177. The number of thioether (sulfide) groups is 1. The quantitative estimate of drug-likeness (QED) is 0.841. The maximum Gasteiger partial charge on any atom is 0.410 e. The second-order valence-electron chi connectivity index (χ2n) is 6.77. The summed E-state index contributed by atoms with van der Waals surface area (Å²) in [6.45, 7) is 7.36. The van der Waals surface area contributed by atoms with E-state index in [0.717, 1.165) is 36.7 Å². The summed E-state index contributed by atoms with van der Waals surface area (Å²) in [6.07, 6.45) is 3.91. The number of nitrogens with zero attached hydrogens (tertiary/aromatic N) is 2. The highest BCUT2D eigenvalue weighted by atomic mass is 32.2. The Kier molecular flexibility index (Phi) is 6.12. The molecule has 0 aromatic carbocycles. The molecular formula is C17H26N2O2S. The highest BCUT2D eigenvalue weighted by molar-refractivity contribution is 7.98. The fraction of sp³-hybridized carbons (Fsp3) is 0.647. The van der Waals surface area contributed by atoms with Crippen LogP contribution in [0.3, 0.4) is 0 Å². The van der Waals surface area contributed by atoms with Crippen molar-refractivity contribution in [3.8, 4) is 0 Å². The first-order chi connectivity index (χ1) is 10.4. The summed E-state index contributed by atoms with van der Waals surface area (Å²) >= 11 is 1.90. The SMILES string of the molecule is CC(C)(C)OC(=O)N1CCC[C@H](CSCc2ccccn2)C1. The van der Waals surface area contributed by atoms with Gasteiger partial charge in [-0.1, -0.05) is 6.07 Å². The smallest absolute Gasteiger partial charge is 0.410 e. The third kappa shape index (κ3) is 5.87. The number of rotatable bonds is 4. The van der Waals surface area contributed by atoms with Crippen LogP contribution >= 0.6 is 11.8 Å². The predicted molar refractivity (Wildman–Crippen MR) is 90.9 cm³/mol. The van der Waals surface area contributed by atoms with Gasteiger partial charge in [0.15, 0.2) is 0 Å². The van der Waals surface area contributed by atoms with E-state index < -0.39 is 5.60 Å². The molecule has 1 aromatic heterocycles. The lowest BCUT2D eigenvalue weighted by Crippen LogP contribution is -2.43. The van der Waals surface area contributed by atoms with Crippen LogP contribution in [-0.4, -0.2) is 40.4 Å². The number of aromatic nitrogens is 1. The van der Waals surface area contributed by atoms with E-state index in [1.165, 1.54) is 6.42 Å². The molecule has 0 saturated carbocycles. The summed E-state index contributed by atoms with van der Waals surface area (Å²) in [4.78, 5) is 18.3. The van der Waals surface area contributed by atoms with Crippen LogP contribution in [0.5, 0.6) is 0 Å². The molecule has 4 nitrogen and oxygen atoms in total. The van der Waals surface area contributed by atoms with Crippen LogP contribution in [-0.2, 0) is 10.5 Å². The van der Waals surface area contributed by atoms with Crippen LogP contribution in [0.4, 0.5) is 4.79 Å². The summed E-state index contributed by atoms with van der Waals surface area (Å²) in [5, 5.41) is 0. The Balaban J connectivity index is 1.75. The highest BCUT2D eigenvalue weighted by Gasteiger charge is 2.27. The molecule has 1 saturated heterocycles. The van der Waals surface area contributed by atoms with E-state index in [9.17, 15) is 4.79 Å². The third-order valence-corrected chi connectivity index (χ3v) is 4.71. The number of ether oxygens (including phenoxy) is 1. The van der Waals surface area contributed by atoms with Gasteiger partial charge in [-0.05, 0) is 57.4 Å². The molecule has 0 unspecified atom stereocenters. The van der Waals surface area contributed by atoms with E-state index in [-0.39, 0.29) is 6.09 Å². The van der Waals surface area contributed by atoms with Crippen molar-refractivity contribution in [2.75, 3.05) is 18.8 Å². The summed E-state index contributed by atoms with van der Waals surface area (Å²) in [5.74, 6) is 2.55. The van der Waals surface area contributed by atoms with Crippen molar-refractivity contribution in [1.29, 1.82) is 0 Å². The zero-order valence-corrected chi connectivity index (χ0v) is 14.6. The van der Waals surface area contributed by atoms with Crippen LogP contribution in [0.2, 0.25) is 0 Å². The van der Waals surface area contributed by atoms with Gasteiger partial charge in [0.05, 0.1) is 5.69 Å². The van der Waals surface area contributed by atoms with E-state index in [1.54, 1.807) is 0 Å². The average molecular weight is 322 g/mol. The Morgan fingerprint density at radius 3 is 2.95 bits per heavy atom. The molecule has 0 N–H and O–H groups in total. The van der Waals surface area contributed by atoms with Gasteiger partial charge < -0.3 is 9.64 Å². The number of pyridine rings is 1. The van der Waals surface area contributed by atoms with Gasteiger partial charge in [0.1, 0.15) is 5.60 Å². The molecule has 1 aromatic rings. The van der Waals surface area contributed by atoms with Gasteiger partial charge in [-0.2, -0.15) is 11.8 Å². The fourth-order valence-corrected chi connectivity index (χ4v) is 3.61. The Labute approximate surface area is 137 Å². The number of carbonyl (C=O) groups is 1. The first-order valence-electron chi connectivity index (χ1n) is 7.89. The third-order valence-electron chi connectivity index (χ3n) is 3.50. The molecular weight excluding hydrogens is 296 g/mol. The summed E-state index contributed by atoms with van der Waals surface area (Å²) in [7, 11) is 0. The van der Waals surface area contributed by atoms with Gasteiger partial charge in [0.2, 0.25) is 0 Å². The Bertz CT molecular complexity index is 473. The molecule has 1 aliphatic heterocycles. The number of hydrogen-bond acceptors (Lipinski definition) is 4. The van der Waals surface area contributed by atoms with Crippen molar-refractivity contribution in [2.24, 2.45) is 5.92 Å². The lowest BCUT2D eigenvalue weighted by atomic mass is 10.0. The van der Waals surface area contributed by atoms with E-state index in [4.69, 9.17) is 4.74 Å². The minimum absolute atomic E-state index is 0.174. The van der Waals surface area contributed by atoms with Gasteiger partial charge in [0, 0.05) is 25.0 Å². The van der Waals surface area contributed by atoms with Gasteiger partial charge in [-0.3, -0.25) is 4.98 Å². The Morgan fingerprint density at radius 2 is 2.27 bits per heavy atom. The van der Waals surface area contributed by atoms with Crippen LogP contribution in [0, 0.1) is 5.92 Å². The van der Waals surface area contributed by atoms with Gasteiger partial charge >= 0.3 is 6.09 Å². The van der Waals surface area contributed by atoms with E-state index in [2.05, 4.69) is 11.1 Å². The molecule has 122 valence electrons. The molecule has 5 heteroatoms. The van der Waals surface area contributed by atoms with Gasteiger partial charge in [-0.25, -0.2) is 4.79 Å². The summed E-state index contributed by atoms with van der Waals surface area (Å²) in [5.41, 5.74) is 0.699. The zero-order chi connectivity index (χ0) is 16.0. The monoisotopic (exact) mass is 322 g/mol. The number of amides is 1. The van der Waals surface area contributed by atoms with Gasteiger partial charge in [-0.15, -0.1) is 0 Å². The van der Waals surface area contributed by atoms with Gasteiger partial charge in [0.25, 0.3) is 0 Å². The largest absolute Gasteiger partial charge is 0.444 e. The van der Waals surface area contributed by atoms with Crippen molar-refractivity contribution in [3.63, 3.8) is 0 Å². The van der Waals surface area contributed by atoms with Crippen molar-refractivity contribution in [3.05, 3.63) is 30.1 Å². The molecule has 1 amide bonds. The van der Waals surface area contributed by atoms with Crippen LogP contribution in [0.1, 0.15) is 39.3 Å². The van der Waals surface area contributed by atoms with E-state index in [0.29, 0.717) is 5.92 Å². The van der Waals surface area contributed by atoms with Crippen molar-refractivity contribution >= 4 is 17.9 Å². The van der Waals surface area contributed by atoms with E-state index in [1.807, 2.05) is 55.8 Å². The Hall–Kier alpha value is -1.23. The molecule has 0 spiro atoms. The standard InChI is InChI=1S/C17H26N2O2S/c1-17(2,3)21-16(20)19-10-6-7-14(11-19)12-22-13-15-8-4-5-9-18-15/h4-5,8-9,14H,6-7,10-13H2,1-3H3/t14-/m0/s1. The zero-order valence-electron chi connectivity index (χ0n) is 13.7. The molecule has 0 radical (unpaired) electrons. The topological polar surface area (TPSA) is 42.4 Å². The Morgan fingerprint density at radius 1 is 1.45 bits per heavy atom. The first kappa shape index (κ1) is 17.1. The maximum absolute atomic E-state index is 12.1. The minimum atomic E-state index is -0.419. The average Bonchev–Trinajstić information content (AvgIpc) is 2.47. The van der Waals surface area contributed by atoms with Crippen LogP contribution in [0.25, 0.3) is 0 Å². The molecule has 22 heavy (non-hydrogen) atoms. The first-order valence-corrected chi connectivity index (χ1v) is 9.05. The molecule has 0 aliphatic carbocycles. The number of hydrogen-bond donors (Lipinski definition) is 0. The molecule has 0 bridgehead atoms. The lowest BCUT2D eigenvalue weighted by Gasteiger charge is -2.34. The second kappa shape index (κ2) is 7.86. The molecule has 2 rings (SSSR count). The predicted octanol–water partition coefficient (Wildman–Crippen LogP) is 3.96. The normalized spacial score (nSPS) is 19.0. The van der Waals surface area contributed by atoms with Crippen LogP contribution < -0.4 is 0 Å². The van der Waals surface area contributed by atoms with Crippen molar-refractivity contribution in [2.45, 2.75) is 45.0 Å². The maximum atomic E-state index is 12.1. The second-order valence-corrected chi connectivity index (χ2v) is 7.80. The fourth-order valence-electron chi connectivity index (χ4n) is 2.51. The van der Waals surface area contributed by atoms with Crippen molar-refractivity contribution < 1.29 is 9.53 Å². The summed E-state index contributed by atoms with van der Waals surface area (Å²) in [6, 6.07) is 6.02. The molecule has 1 fully saturated rings. The molecule has 1 aliphatic rings. The minimum Gasteiger partial charge on any atom is -0.444 e. The summed E-state index contributed by atoms with van der Waals surface area (Å²) < 4.78 is 5.47. The van der Waals surface area contributed by atoms with Crippen molar-refractivity contribution in [1.82, 2.24) is 9.88 Å². The number of piperidine rings is 1. The molecule has 2 heterocycles. The molecule has 1 atom stereocenters. The van der Waals surface area contributed by atoms with E-state index >= 15 is 0 Å². The van der Waals surface area contributed by atoms with Crippen LogP contribution in [0.15, 0.2) is 24.4 Å². The number of carbonyl (C=O) groups excluding carboxylic acids is 1.